The molecule has 2 heterocycles. The third-order valence-electron chi connectivity index (χ3n) is 9.52. The summed E-state index contributed by atoms with van der Waals surface area (Å²) in [6.45, 7) is 8.26. The molecule has 10 nitrogen and oxygen atoms in total. The molecule has 1 saturated heterocycles. The van der Waals surface area contributed by atoms with Crippen LogP contribution in [0.5, 0.6) is 11.5 Å². The highest BCUT2D eigenvalue weighted by Crippen LogP contribution is 2.45. The van der Waals surface area contributed by atoms with E-state index in [-0.39, 0.29) is 37.1 Å². The van der Waals surface area contributed by atoms with Gasteiger partial charge in [0.2, 0.25) is 11.8 Å². The lowest BCUT2D eigenvalue weighted by atomic mass is 10.0. The molecule has 6 rings (SSSR count). The van der Waals surface area contributed by atoms with Crippen molar-refractivity contribution in [3.05, 3.63) is 103 Å². The van der Waals surface area contributed by atoms with Gasteiger partial charge in [-0.05, 0) is 30.0 Å². The lowest BCUT2D eigenvalue weighted by molar-refractivity contribution is -0.146. The van der Waals surface area contributed by atoms with Crippen molar-refractivity contribution in [3.63, 3.8) is 0 Å². The largest absolute Gasteiger partial charge is 0.497 e. The molecule has 5 atom stereocenters. The van der Waals surface area contributed by atoms with Crippen LogP contribution in [0.4, 0.5) is 0 Å². The molecule has 2 aliphatic rings. The van der Waals surface area contributed by atoms with E-state index in [1.165, 1.54) is 0 Å². The summed E-state index contributed by atoms with van der Waals surface area (Å²) in [5.41, 5.74) is 1.88. The monoisotopic (exact) mass is 662 g/mol. The molecular formula is C39H42N4O6. The van der Waals surface area contributed by atoms with Crippen molar-refractivity contribution < 1.29 is 29.0 Å². The molecule has 0 spiro atoms. The molecule has 3 N–H and O–H groups in total. The zero-order valence-electron chi connectivity index (χ0n) is 28.0. The first-order valence-corrected chi connectivity index (χ1v) is 16.6. The molecular weight excluding hydrogens is 620 g/mol. The number of nitrogens with zero attached hydrogens (tertiary/aromatic N) is 2. The number of carboxylic acids is 1. The lowest BCUT2D eigenvalue weighted by Crippen LogP contribution is -2.56. The fraction of sp³-hybridized carbons (Fsp3) is 0.333. The topological polar surface area (TPSA) is 130 Å². The maximum absolute atomic E-state index is 14.4. The Morgan fingerprint density at radius 1 is 1.06 bits per heavy atom. The Hall–Kier alpha value is -5.22. The molecule has 1 saturated carbocycles. The van der Waals surface area contributed by atoms with Gasteiger partial charge in [0.1, 0.15) is 29.2 Å². The van der Waals surface area contributed by atoms with Gasteiger partial charge in [-0.15, -0.1) is 6.58 Å². The number of hydrogen-bond donors (Lipinski definition) is 3. The molecule has 10 heteroatoms. The number of pyridine rings is 1. The Bertz CT molecular complexity index is 1850. The van der Waals surface area contributed by atoms with E-state index in [1.54, 1.807) is 18.1 Å². The van der Waals surface area contributed by atoms with E-state index >= 15 is 0 Å². The minimum atomic E-state index is -1.43. The van der Waals surface area contributed by atoms with Gasteiger partial charge in [0.25, 0.3) is 0 Å². The van der Waals surface area contributed by atoms with Crippen LogP contribution >= 0.6 is 0 Å². The van der Waals surface area contributed by atoms with Gasteiger partial charge in [0.15, 0.2) is 0 Å². The number of ether oxygens (including phenoxy) is 2. The smallest absolute Gasteiger partial charge is 0.330 e. The Morgan fingerprint density at radius 3 is 2.41 bits per heavy atom. The minimum Gasteiger partial charge on any atom is -0.497 e. The van der Waals surface area contributed by atoms with E-state index in [0.29, 0.717) is 29.3 Å². The molecule has 2 fully saturated rings. The van der Waals surface area contributed by atoms with Gasteiger partial charge in [-0.1, -0.05) is 80.6 Å². The Balaban J connectivity index is 1.32. The predicted octanol–water partition coefficient (Wildman–Crippen LogP) is 5.22. The Kier molecular flexibility index (Phi) is 9.69. The number of hydrogen-bond acceptors (Lipinski definition) is 7. The van der Waals surface area contributed by atoms with E-state index in [1.807, 2.05) is 98.8 Å². The van der Waals surface area contributed by atoms with Crippen LogP contribution in [0.2, 0.25) is 0 Å². The second-order valence-corrected chi connectivity index (χ2v) is 13.1. The Labute approximate surface area is 286 Å². The van der Waals surface area contributed by atoms with Gasteiger partial charge in [0.05, 0.1) is 30.9 Å². The van der Waals surface area contributed by atoms with Crippen LogP contribution in [0.25, 0.3) is 22.2 Å². The number of rotatable bonds is 13. The van der Waals surface area contributed by atoms with Gasteiger partial charge >= 0.3 is 5.97 Å². The standard InChI is InChI=1S/C39H42N4O6/c1-5-27-21-39(27,38(46)47)42-36(44)33-19-29(23-43(33)37(45)35(24(2)3)40-22-25-12-8-6-9-13-25)49-34-20-31(26-14-10-7-11-15-26)41-32-18-28(48-4)16-17-30(32)34/h5-18,20,24,27,29,33,35,40H,1,19,21-23H2,2-4H3,(H,42,44)(H,46,47)/t27-,29+,33-,35-,39?/m0/s1. The van der Waals surface area contributed by atoms with Crippen molar-refractivity contribution >= 4 is 28.7 Å². The van der Waals surface area contributed by atoms with Crippen molar-refractivity contribution in [2.75, 3.05) is 13.7 Å². The molecule has 4 aromatic rings. The highest BCUT2D eigenvalue weighted by molar-refractivity contribution is 5.96. The summed E-state index contributed by atoms with van der Waals surface area (Å²) in [5, 5.41) is 17.0. The van der Waals surface area contributed by atoms with Crippen LogP contribution in [0.1, 0.15) is 32.3 Å². The van der Waals surface area contributed by atoms with Crippen molar-refractivity contribution in [2.45, 2.75) is 57.0 Å². The zero-order chi connectivity index (χ0) is 34.7. The van der Waals surface area contributed by atoms with Crippen LogP contribution in [0, 0.1) is 11.8 Å². The minimum absolute atomic E-state index is 0.0913. The second kappa shape index (κ2) is 14.1. The summed E-state index contributed by atoms with van der Waals surface area (Å²) < 4.78 is 12.1. The number of nitrogens with one attached hydrogen (secondary N) is 2. The first-order valence-electron chi connectivity index (χ1n) is 16.6. The number of aromatic nitrogens is 1. The van der Waals surface area contributed by atoms with Crippen LogP contribution in [-0.2, 0) is 20.9 Å². The molecule has 1 aliphatic carbocycles. The average molecular weight is 663 g/mol. The fourth-order valence-electron chi connectivity index (χ4n) is 6.64. The third-order valence-corrected chi connectivity index (χ3v) is 9.52. The molecule has 1 aromatic heterocycles. The number of methoxy groups -OCH3 is 1. The molecule has 1 unspecified atom stereocenters. The molecule has 3 aromatic carbocycles. The highest BCUT2D eigenvalue weighted by Gasteiger charge is 2.61. The lowest BCUT2D eigenvalue weighted by Gasteiger charge is -2.31. The normalized spacial score (nSPS) is 22.0. The van der Waals surface area contributed by atoms with Crippen LogP contribution < -0.4 is 20.1 Å². The molecule has 0 bridgehead atoms. The highest BCUT2D eigenvalue weighted by atomic mass is 16.5. The van der Waals surface area contributed by atoms with Gasteiger partial charge in [0, 0.05) is 42.0 Å². The van der Waals surface area contributed by atoms with Gasteiger partial charge in [-0.25, -0.2) is 9.78 Å². The fourth-order valence-corrected chi connectivity index (χ4v) is 6.64. The molecule has 1 aliphatic heterocycles. The third kappa shape index (κ3) is 7.00. The summed E-state index contributed by atoms with van der Waals surface area (Å²) >= 11 is 0. The van der Waals surface area contributed by atoms with E-state index in [0.717, 1.165) is 16.5 Å². The average Bonchev–Trinajstić information content (AvgIpc) is 3.67. The summed E-state index contributed by atoms with van der Waals surface area (Å²) in [6.07, 6.45) is 1.41. The quantitative estimate of drug-likeness (QED) is 0.166. The summed E-state index contributed by atoms with van der Waals surface area (Å²) in [7, 11) is 1.60. The van der Waals surface area contributed by atoms with Gasteiger partial charge in [-0.2, -0.15) is 0 Å². The first-order chi connectivity index (χ1) is 23.6. The second-order valence-electron chi connectivity index (χ2n) is 13.1. The van der Waals surface area contributed by atoms with Crippen LogP contribution in [0.15, 0.2) is 97.6 Å². The Morgan fingerprint density at radius 2 is 1.78 bits per heavy atom. The van der Waals surface area contributed by atoms with Crippen molar-refractivity contribution in [1.29, 1.82) is 0 Å². The van der Waals surface area contributed by atoms with E-state index in [4.69, 9.17) is 14.5 Å². The number of carboxylic acid groups (broad SMARTS) is 1. The van der Waals surface area contributed by atoms with Crippen LogP contribution in [0.3, 0.4) is 0 Å². The van der Waals surface area contributed by atoms with E-state index in [9.17, 15) is 19.5 Å². The maximum Gasteiger partial charge on any atom is 0.330 e. The van der Waals surface area contributed by atoms with Crippen molar-refractivity contribution in [2.24, 2.45) is 11.8 Å². The van der Waals surface area contributed by atoms with Crippen molar-refractivity contribution in [3.8, 4) is 22.8 Å². The number of carbonyl (C=O) groups excluding carboxylic acids is 2. The molecule has 49 heavy (non-hydrogen) atoms. The zero-order valence-corrected chi connectivity index (χ0v) is 28.0. The number of amides is 2. The predicted molar refractivity (Wildman–Crippen MR) is 187 cm³/mol. The van der Waals surface area contributed by atoms with Crippen LogP contribution in [-0.4, -0.2) is 70.2 Å². The number of aliphatic carboxylic acids is 1. The maximum atomic E-state index is 14.4. The molecule has 254 valence electrons. The summed E-state index contributed by atoms with van der Waals surface area (Å²) in [6, 6.07) is 25.5. The number of fused-ring (bicyclic) bond motifs is 1. The number of carbonyl (C=O) groups is 3. The van der Waals surface area contributed by atoms with Gasteiger partial charge < -0.3 is 30.1 Å². The number of likely N-dealkylation sites (tertiary alicyclic amines) is 1. The summed E-state index contributed by atoms with van der Waals surface area (Å²) in [4.78, 5) is 47.0. The molecule has 0 radical (unpaired) electrons. The van der Waals surface area contributed by atoms with Crippen molar-refractivity contribution in [1.82, 2.24) is 20.5 Å². The van der Waals surface area contributed by atoms with E-state index in [2.05, 4.69) is 17.2 Å². The van der Waals surface area contributed by atoms with E-state index < -0.39 is 35.6 Å². The first kappa shape index (κ1) is 33.7. The van der Waals surface area contributed by atoms with Gasteiger partial charge in [-0.3, -0.25) is 9.59 Å². The number of benzene rings is 3. The molecule has 2 amide bonds. The summed E-state index contributed by atoms with van der Waals surface area (Å²) in [5.74, 6) is -1.16. The SMILES string of the molecule is C=C[C@H]1CC1(NC(=O)[C@@H]1C[C@@H](Oc2cc(-c3ccccc3)nc3cc(OC)ccc23)CN1C(=O)[C@@H](NCc1ccccc1)C(C)C)C(=O)O.